The SMILES string of the molecule is O=C(O)COC1(c2ccc(Br)cn2)CC2CCC(C1)N2C(=O)OCC1c2ccccc2-c2ccccc21. The molecule has 3 aromatic rings. The lowest BCUT2D eigenvalue weighted by molar-refractivity contribution is -0.158. The van der Waals surface area contributed by atoms with Crippen LogP contribution in [0.2, 0.25) is 0 Å². The van der Waals surface area contributed by atoms with Crippen LogP contribution in [0.15, 0.2) is 71.3 Å². The molecular weight excluding hydrogens is 536 g/mol. The molecule has 1 aromatic heterocycles. The van der Waals surface area contributed by atoms with Crippen LogP contribution >= 0.6 is 15.9 Å². The van der Waals surface area contributed by atoms with Gasteiger partial charge in [0.25, 0.3) is 0 Å². The summed E-state index contributed by atoms with van der Waals surface area (Å²) in [6, 6.07) is 20.1. The maximum Gasteiger partial charge on any atom is 0.410 e. The summed E-state index contributed by atoms with van der Waals surface area (Å²) in [5.41, 5.74) is 4.59. The number of nitrogens with zero attached hydrogens (tertiary/aromatic N) is 2. The fraction of sp³-hybridized carbons (Fsp3) is 0.345. The number of pyridine rings is 1. The number of halogens is 1. The Labute approximate surface area is 223 Å². The minimum absolute atomic E-state index is 0.00347. The van der Waals surface area contributed by atoms with Gasteiger partial charge >= 0.3 is 12.1 Å². The van der Waals surface area contributed by atoms with Crippen molar-refractivity contribution in [3.05, 3.63) is 88.2 Å². The topological polar surface area (TPSA) is 89.0 Å². The number of piperidine rings is 1. The summed E-state index contributed by atoms with van der Waals surface area (Å²) in [6.07, 6.45) is 3.99. The van der Waals surface area contributed by atoms with Crippen molar-refractivity contribution in [2.45, 2.75) is 49.3 Å². The van der Waals surface area contributed by atoms with Gasteiger partial charge in [-0.25, -0.2) is 9.59 Å². The zero-order valence-electron chi connectivity index (χ0n) is 20.2. The lowest BCUT2D eigenvalue weighted by Crippen LogP contribution is -2.53. The van der Waals surface area contributed by atoms with Crippen LogP contribution in [0.25, 0.3) is 11.1 Å². The molecule has 190 valence electrons. The lowest BCUT2D eigenvalue weighted by Gasteiger charge is -2.45. The highest BCUT2D eigenvalue weighted by atomic mass is 79.9. The number of benzene rings is 2. The molecule has 0 radical (unpaired) electrons. The van der Waals surface area contributed by atoms with Crippen LogP contribution in [0.4, 0.5) is 4.79 Å². The molecule has 1 aliphatic carbocycles. The summed E-state index contributed by atoms with van der Waals surface area (Å²) in [5, 5.41) is 9.31. The summed E-state index contributed by atoms with van der Waals surface area (Å²) in [4.78, 5) is 31.2. The van der Waals surface area contributed by atoms with Gasteiger partial charge in [-0.1, -0.05) is 48.5 Å². The highest BCUT2D eigenvalue weighted by molar-refractivity contribution is 9.10. The highest BCUT2D eigenvalue weighted by Crippen LogP contribution is 2.48. The number of aromatic nitrogens is 1. The quantitative estimate of drug-likeness (QED) is 0.413. The summed E-state index contributed by atoms with van der Waals surface area (Å²) < 4.78 is 12.8. The summed E-state index contributed by atoms with van der Waals surface area (Å²) in [7, 11) is 0. The summed E-state index contributed by atoms with van der Waals surface area (Å²) in [6.45, 7) is -0.139. The zero-order chi connectivity index (χ0) is 25.6. The number of aliphatic carboxylic acids is 1. The third kappa shape index (κ3) is 4.32. The summed E-state index contributed by atoms with van der Waals surface area (Å²) >= 11 is 3.41. The van der Waals surface area contributed by atoms with Gasteiger partial charge in [-0.2, -0.15) is 0 Å². The van der Waals surface area contributed by atoms with Crippen molar-refractivity contribution in [1.29, 1.82) is 0 Å². The molecule has 8 heteroatoms. The van der Waals surface area contributed by atoms with Gasteiger partial charge in [0.15, 0.2) is 0 Å². The van der Waals surface area contributed by atoms with Gasteiger partial charge in [0.2, 0.25) is 0 Å². The van der Waals surface area contributed by atoms with E-state index in [1.807, 2.05) is 41.3 Å². The van der Waals surface area contributed by atoms with Crippen LogP contribution in [-0.2, 0) is 19.9 Å². The molecule has 0 saturated carbocycles. The first kappa shape index (κ1) is 24.1. The Hall–Kier alpha value is -3.23. The second kappa shape index (κ2) is 9.58. The zero-order valence-corrected chi connectivity index (χ0v) is 21.8. The molecule has 6 rings (SSSR count). The van der Waals surface area contributed by atoms with Crippen molar-refractivity contribution in [2.75, 3.05) is 13.2 Å². The van der Waals surface area contributed by atoms with Crippen molar-refractivity contribution < 1.29 is 24.2 Å². The van der Waals surface area contributed by atoms with Crippen LogP contribution in [0.5, 0.6) is 0 Å². The Kier molecular flexibility index (Phi) is 6.24. The number of rotatable bonds is 6. The number of hydrogen-bond donors (Lipinski definition) is 1. The van der Waals surface area contributed by atoms with Gasteiger partial charge in [0.1, 0.15) is 18.8 Å². The number of carbonyl (C=O) groups excluding carboxylic acids is 1. The number of carbonyl (C=O) groups is 2. The van der Waals surface area contributed by atoms with Crippen LogP contribution < -0.4 is 0 Å². The van der Waals surface area contributed by atoms with Crippen molar-refractivity contribution in [3.8, 4) is 11.1 Å². The lowest BCUT2D eigenvalue weighted by atomic mass is 9.83. The van der Waals surface area contributed by atoms with E-state index in [2.05, 4.69) is 45.2 Å². The molecule has 1 N–H and O–H groups in total. The first-order chi connectivity index (χ1) is 17.9. The largest absolute Gasteiger partial charge is 0.480 e. The minimum atomic E-state index is -1.03. The fourth-order valence-electron chi connectivity index (χ4n) is 6.42. The van der Waals surface area contributed by atoms with Crippen LogP contribution in [-0.4, -0.2) is 52.4 Å². The molecule has 3 aliphatic rings. The smallest absolute Gasteiger partial charge is 0.410 e. The van der Waals surface area contributed by atoms with Crippen molar-refractivity contribution >= 4 is 28.0 Å². The number of hydrogen-bond acceptors (Lipinski definition) is 5. The molecule has 2 atom stereocenters. The number of carboxylic acid groups (broad SMARTS) is 1. The van der Waals surface area contributed by atoms with Crippen molar-refractivity contribution in [2.24, 2.45) is 0 Å². The van der Waals surface area contributed by atoms with Gasteiger partial charge in [-0.3, -0.25) is 4.98 Å². The van der Waals surface area contributed by atoms with Gasteiger partial charge < -0.3 is 19.5 Å². The molecule has 2 saturated heterocycles. The van der Waals surface area contributed by atoms with E-state index in [4.69, 9.17) is 9.47 Å². The number of fused-ring (bicyclic) bond motifs is 5. The van der Waals surface area contributed by atoms with Crippen molar-refractivity contribution in [1.82, 2.24) is 9.88 Å². The van der Waals surface area contributed by atoms with E-state index in [0.717, 1.165) is 17.3 Å². The van der Waals surface area contributed by atoms with E-state index >= 15 is 0 Å². The molecule has 2 unspecified atom stereocenters. The van der Waals surface area contributed by atoms with E-state index in [-0.39, 0.29) is 30.7 Å². The molecule has 37 heavy (non-hydrogen) atoms. The average Bonchev–Trinajstić information content (AvgIpc) is 3.38. The van der Waals surface area contributed by atoms with E-state index < -0.39 is 18.2 Å². The Balaban J connectivity index is 1.20. The molecular formula is C29H27BrN2O5. The molecule has 2 aromatic carbocycles. The average molecular weight is 563 g/mol. The Morgan fingerprint density at radius 3 is 2.16 bits per heavy atom. The third-order valence-electron chi connectivity index (χ3n) is 7.96. The van der Waals surface area contributed by atoms with E-state index in [9.17, 15) is 14.7 Å². The first-order valence-corrected chi connectivity index (χ1v) is 13.4. The second-order valence-electron chi connectivity index (χ2n) is 10.0. The maximum absolute atomic E-state index is 13.4. The molecule has 2 aliphatic heterocycles. The number of amides is 1. The maximum atomic E-state index is 13.4. The van der Waals surface area contributed by atoms with Gasteiger partial charge in [-0.05, 0) is 63.2 Å². The fourth-order valence-corrected chi connectivity index (χ4v) is 6.65. The molecule has 2 bridgehead atoms. The summed E-state index contributed by atoms with van der Waals surface area (Å²) in [5.74, 6) is -1.02. The molecule has 7 nitrogen and oxygen atoms in total. The molecule has 0 spiro atoms. The van der Waals surface area contributed by atoms with Crippen molar-refractivity contribution in [3.63, 3.8) is 0 Å². The third-order valence-corrected chi connectivity index (χ3v) is 8.43. The Bertz CT molecular complexity index is 1280. The standard InChI is InChI=1S/C29H27BrN2O5/c30-18-9-12-26(31-15-18)29(37-17-27(33)34)13-19-10-11-20(14-29)32(19)28(35)36-16-25-23-7-3-1-5-21(23)22-6-2-4-8-24(22)25/h1-9,12,15,19-20,25H,10-11,13-14,16-17H2,(H,33,34). The predicted molar refractivity (Wildman–Crippen MR) is 140 cm³/mol. The van der Waals surface area contributed by atoms with Crippen LogP contribution in [0, 0.1) is 0 Å². The van der Waals surface area contributed by atoms with E-state index in [1.54, 1.807) is 6.20 Å². The van der Waals surface area contributed by atoms with Gasteiger partial charge in [0.05, 0.1) is 5.69 Å². The normalized spacial score (nSPS) is 24.0. The predicted octanol–water partition coefficient (Wildman–Crippen LogP) is 5.72. The first-order valence-electron chi connectivity index (χ1n) is 12.6. The molecule has 1 amide bonds. The number of ether oxygens (including phenoxy) is 2. The van der Waals surface area contributed by atoms with E-state index in [1.165, 1.54) is 22.3 Å². The number of carboxylic acids is 1. The van der Waals surface area contributed by atoms with Crippen LogP contribution in [0.3, 0.4) is 0 Å². The second-order valence-corrected chi connectivity index (χ2v) is 11.0. The Morgan fingerprint density at radius 2 is 1.59 bits per heavy atom. The van der Waals surface area contributed by atoms with Gasteiger partial charge in [-0.15, -0.1) is 0 Å². The Morgan fingerprint density at radius 1 is 0.973 bits per heavy atom. The van der Waals surface area contributed by atoms with Gasteiger partial charge in [0, 0.05) is 41.5 Å². The van der Waals surface area contributed by atoms with Crippen LogP contribution in [0.1, 0.15) is 48.4 Å². The monoisotopic (exact) mass is 562 g/mol. The minimum Gasteiger partial charge on any atom is -0.480 e. The molecule has 3 heterocycles. The highest BCUT2D eigenvalue weighted by Gasteiger charge is 2.53. The molecule has 2 fully saturated rings. The van der Waals surface area contributed by atoms with E-state index in [0.29, 0.717) is 18.5 Å².